The first-order valence-corrected chi connectivity index (χ1v) is 9.16. The summed E-state index contributed by atoms with van der Waals surface area (Å²) in [6.07, 6.45) is -7.56. The summed E-state index contributed by atoms with van der Waals surface area (Å²) in [6, 6.07) is 15.0. The van der Waals surface area contributed by atoms with Crippen molar-refractivity contribution in [1.29, 1.82) is 0 Å². The molecule has 0 unspecified atom stereocenters. The third kappa shape index (κ3) is 6.71. The summed E-state index contributed by atoms with van der Waals surface area (Å²) in [6.45, 7) is 1.99. The average Bonchev–Trinajstić information content (AvgIpc) is 3.22. The minimum absolute atomic E-state index is 0. The zero-order valence-electron chi connectivity index (χ0n) is 17.0. The molecule has 3 aromatic heterocycles. The Hall–Kier alpha value is -3.11. The first-order chi connectivity index (χ1) is 15.5. The summed E-state index contributed by atoms with van der Waals surface area (Å²) >= 11 is 0. The minimum Gasteiger partial charge on any atom is -0.573 e. The first-order valence-electron chi connectivity index (χ1n) is 9.16. The molecule has 0 N–H and O–H groups in total. The summed E-state index contributed by atoms with van der Waals surface area (Å²) in [7, 11) is 0. The number of hydrogen-bond acceptors (Lipinski definition) is 3. The van der Waals surface area contributed by atoms with Crippen LogP contribution in [0.15, 0.2) is 60.9 Å². The van der Waals surface area contributed by atoms with E-state index < -0.39 is 29.3 Å². The van der Waals surface area contributed by atoms with Gasteiger partial charge in [0.15, 0.2) is 0 Å². The third-order valence-corrected chi connectivity index (χ3v) is 4.15. The Bertz CT molecular complexity index is 1200. The zero-order chi connectivity index (χ0) is 24.2. The molecule has 4 aromatic rings. The van der Waals surface area contributed by atoms with E-state index in [0.29, 0.717) is 0 Å². The monoisotopic (exact) mass is 659 g/mol. The molecule has 181 valence electrons. The number of nitrogens with zero attached hydrogens (tertiary/aromatic N) is 4. The van der Waals surface area contributed by atoms with Crippen molar-refractivity contribution in [3.05, 3.63) is 89.6 Å². The Morgan fingerprint density at radius 1 is 0.853 bits per heavy atom. The molecule has 1 aromatic carbocycles. The van der Waals surface area contributed by atoms with Gasteiger partial charge in [-0.3, -0.25) is 9.37 Å². The van der Waals surface area contributed by atoms with Crippen molar-refractivity contribution < 1.29 is 50.8 Å². The molecule has 4 nitrogen and oxygen atoms in total. The van der Waals surface area contributed by atoms with Crippen molar-refractivity contribution in [3.8, 4) is 22.6 Å². The molecule has 3 heterocycles. The molecule has 0 spiro atoms. The van der Waals surface area contributed by atoms with Crippen LogP contribution in [-0.4, -0.2) is 15.1 Å². The van der Waals surface area contributed by atoms with Gasteiger partial charge in [-0.25, -0.2) is 0 Å². The maximum Gasteiger partial charge on any atom is 0.432 e. The van der Waals surface area contributed by atoms with Gasteiger partial charge in [-0.05, 0) is 30.8 Å². The molecule has 0 bridgehead atoms. The number of aryl methyl sites for hydroxylation is 1. The van der Waals surface area contributed by atoms with Crippen molar-refractivity contribution in [2.45, 2.75) is 19.3 Å². The van der Waals surface area contributed by atoms with Crippen molar-refractivity contribution in [2.75, 3.05) is 0 Å². The Labute approximate surface area is 202 Å². The molecular formula is C22H13F7IrN4-2. The predicted molar refractivity (Wildman–Crippen MR) is 104 cm³/mol. The summed E-state index contributed by atoms with van der Waals surface area (Å²) in [5.41, 5.74) is -2.45. The number of hydrogen-bond donors (Lipinski definition) is 0. The topological polar surface area (TPSA) is 52.8 Å². The van der Waals surface area contributed by atoms with Crippen LogP contribution in [0.2, 0.25) is 0 Å². The van der Waals surface area contributed by atoms with Crippen LogP contribution in [0.3, 0.4) is 0 Å². The molecule has 12 heteroatoms. The van der Waals surface area contributed by atoms with Crippen molar-refractivity contribution in [2.24, 2.45) is 0 Å². The fourth-order valence-corrected chi connectivity index (χ4v) is 2.71. The Morgan fingerprint density at radius 2 is 1.56 bits per heavy atom. The normalized spacial score (nSPS) is 11.3. The quantitative estimate of drug-likeness (QED) is 0.192. The number of halogens is 7. The third-order valence-electron chi connectivity index (χ3n) is 4.15. The molecule has 0 aliphatic carbocycles. The van der Waals surface area contributed by atoms with Crippen LogP contribution in [0, 0.1) is 18.8 Å². The van der Waals surface area contributed by atoms with Crippen LogP contribution in [0.4, 0.5) is 30.7 Å². The van der Waals surface area contributed by atoms with E-state index in [1.54, 1.807) is 12.3 Å². The Balaban J connectivity index is 0.000000243. The molecule has 0 atom stereocenters. The van der Waals surface area contributed by atoms with Gasteiger partial charge in [-0.2, -0.15) is 26.3 Å². The van der Waals surface area contributed by atoms with E-state index in [4.69, 9.17) is 0 Å². The minimum atomic E-state index is -5.23. The van der Waals surface area contributed by atoms with E-state index in [0.717, 1.165) is 29.1 Å². The van der Waals surface area contributed by atoms with Gasteiger partial charge in [0.25, 0.3) is 0 Å². The molecule has 4 rings (SSSR count). The van der Waals surface area contributed by atoms with E-state index in [1.807, 2.05) is 19.1 Å². The second kappa shape index (κ2) is 10.9. The van der Waals surface area contributed by atoms with Crippen LogP contribution in [0.25, 0.3) is 22.6 Å². The smallest absolute Gasteiger partial charge is 0.432 e. The molecule has 0 fully saturated rings. The van der Waals surface area contributed by atoms with Gasteiger partial charge in [0.05, 0.1) is 5.56 Å². The summed E-state index contributed by atoms with van der Waals surface area (Å²) < 4.78 is 88.3. The second-order valence-electron chi connectivity index (χ2n) is 6.62. The molecule has 0 saturated heterocycles. The largest absolute Gasteiger partial charge is 0.573 e. The van der Waals surface area contributed by atoms with E-state index in [9.17, 15) is 30.7 Å². The SMILES string of the molecule is Cc1ccnc(-c2[c-]cc(F)cc2)c1.FC(F)(F)c1n[n-]c(-c2ccccn2)c1C(F)(F)F.[Ir]. The molecule has 0 aliphatic rings. The van der Waals surface area contributed by atoms with Crippen LogP contribution in [-0.2, 0) is 32.5 Å². The van der Waals surface area contributed by atoms with Gasteiger partial charge in [0.2, 0.25) is 0 Å². The Kier molecular flexibility index (Phi) is 8.68. The van der Waals surface area contributed by atoms with Crippen LogP contribution >= 0.6 is 0 Å². The standard InChI is InChI=1S/C12H9FN.C10H4F6N3.Ir/c1-9-6-7-14-12(8-9)10-2-4-11(13)5-3-10;11-9(12,13)6-7(5-3-1-2-4-17-5)18-19-8(6)10(14,15)16;/h2,4-8H,1H3;1-4H;/q2*-1;. The fraction of sp³-hybridized carbons (Fsp3) is 0.136. The van der Waals surface area contributed by atoms with Gasteiger partial charge >= 0.3 is 12.4 Å². The average molecular weight is 659 g/mol. The maximum atomic E-state index is 12.8. The van der Waals surface area contributed by atoms with Crippen molar-refractivity contribution in [3.63, 3.8) is 0 Å². The summed E-state index contributed by atoms with van der Waals surface area (Å²) in [5, 5.41) is 5.56. The molecule has 0 aliphatic heterocycles. The maximum absolute atomic E-state index is 12.8. The fourth-order valence-electron chi connectivity index (χ4n) is 2.71. The van der Waals surface area contributed by atoms with Crippen molar-refractivity contribution in [1.82, 2.24) is 20.2 Å². The molecular weight excluding hydrogens is 645 g/mol. The van der Waals surface area contributed by atoms with E-state index in [-0.39, 0.29) is 31.6 Å². The molecule has 1 radical (unpaired) electrons. The van der Waals surface area contributed by atoms with Crippen LogP contribution < -0.4 is 5.10 Å². The Morgan fingerprint density at radius 3 is 2.09 bits per heavy atom. The van der Waals surface area contributed by atoms with Gasteiger partial charge in [-0.1, -0.05) is 23.4 Å². The first kappa shape index (κ1) is 27.1. The van der Waals surface area contributed by atoms with Gasteiger partial charge < -0.3 is 15.2 Å². The number of benzene rings is 1. The predicted octanol–water partition coefficient (Wildman–Crippen LogP) is 6.13. The number of pyridine rings is 2. The second-order valence-corrected chi connectivity index (χ2v) is 6.62. The molecule has 0 amide bonds. The van der Waals surface area contributed by atoms with E-state index in [2.05, 4.69) is 26.2 Å². The summed E-state index contributed by atoms with van der Waals surface area (Å²) in [4.78, 5) is 7.73. The van der Waals surface area contributed by atoms with Gasteiger partial charge in [0, 0.05) is 44.0 Å². The van der Waals surface area contributed by atoms with Gasteiger partial charge in [0.1, 0.15) is 5.69 Å². The van der Waals surface area contributed by atoms with Crippen LogP contribution in [0.1, 0.15) is 16.8 Å². The number of aromatic nitrogens is 4. The zero-order valence-corrected chi connectivity index (χ0v) is 19.4. The van der Waals surface area contributed by atoms with Gasteiger partial charge in [-0.15, -0.1) is 29.8 Å². The van der Waals surface area contributed by atoms with E-state index >= 15 is 0 Å². The molecule has 34 heavy (non-hydrogen) atoms. The van der Waals surface area contributed by atoms with Crippen molar-refractivity contribution >= 4 is 0 Å². The molecule has 0 saturated carbocycles. The van der Waals surface area contributed by atoms with E-state index in [1.165, 1.54) is 24.3 Å². The number of alkyl halides is 6. The summed E-state index contributed by atoms with van der Waals surface area (Å²) in [5.74, 6) is -0.276. The van der Waals surface area contributed by atoms with Crippen LogP contribution in [0.5, 0.6) is 0 Å². The number of rotatable bonds is 2.